The second-order valence-corrected chi connectivity index (χ2v) is 6.81. The summed E-state index contributed by atoms with van der Waals surface area (Å²) in [5.74, 6) is 1.19. The van der Waals surface area contributed by atoms with E-state index in [-0.39, 0.29) is 5.91 Å². The quantitative estimate of drug-likeness (QED) is 0.827. The Morgan fingerprint density at radius 2 is 2.12 bits per heavy atom. The van der Waals surface area contributed by atoms with Gasteiger partial charge in [-0.3, -0.25) is 9.48 Å². The van der Waals surface area contributed by atoms with Gasteiger partial charge in [0.05, 0.1) is 36.8 Å². The van der Waals surface area contributed by atoms with Crippen LogP contribution in [0.4, 0.5) is 11.5 Å². The van der Waals surface area contributed by atoms with E-state index in [4.69, 9.17) is 4.74 Å². The van der Waals surface area contributed by atoms with Gasteiger partial charge in [0, 0.05) is 44.2 Å². The first-order valence-corrected chi connectivity index (χ1v) is 8.79. The van der Waals surface area contributed by atoms with Crippen molar-refractivity contribution >= 4 is 17.4 Å². The Hall–Kier alpha value is -2.48. The molecule has 0 spiro atoms. The number of anilines is 2. The van der Waals surface area contributed by atoms with E-state index in [9.17, 15) is 4.79 Å². The van der Waals surface area contributed by atoms with Crippen LogP contribution in [0.25, 0.3) is 0 Å². The van der Waals surface area contributed by atoms with Gasteiger partial charge >= 0.3 is 0 Å². The zero-order valence-corrected chi connectivity index (χ0v) is 14.0. The largest absolute Gasteiger partial charge is 0.376 e. The van der Waals surface area contributed by atoms with Gasteiger partial charge in [0.2, 0.25) is 5.91 Å². The maximum atomic E-state index is 11.9. The molecule has 3 aliphatic heterocycles. The number of hydrogen-bond donors (Lipinski definition) is 0. The van der Waals surface area contributed by atoms with Gasteiger partial charge < -0.3 is 14.5 Å². The van der Waals surface area contributed by atoms with E-state index in [0.29, 0.717) is 19.1 Å². The average molecular weight is 340 g/mol. The van der Waals surface area contributed by atoms with Crippen molar-refractivity contribution in [1.82, 2.24) is 19.7 Å². The highest BCUT2D eigenvalue weighted by Gasteiger charge is 2.33. The van der Waals surface area contributed by atoms with E-state index in [0.717, 1.165) is 61.8 Å². The average Bonchev–Trinajstić information content (AvgIpc) is 3.23. The molecule has 0 aromatic carbocycles. The Morgan fingerprint density at radius 1 is 1.20 bits per heavy atom. The van der Waals surface area contributed by atoms with Crippen molar-refractivity contribution in [3.63, 3.8) is 0 Å². The summed E-state index contributed by atoms with van der Waals surface area (Å²) < 4.78 is 7.55. The number of ether oxygens (including phenoxy) is 1. The maximum absolute atomic E-state index is 11.9. The number of hydrogen-bond acceptors (Lipinski definition) is 6. The number of aromatic nitrogens is 4. The zero-order valence-electron chi connectivity index (χ0n) is 14.0. The first kappa shape index (κ1) is 14.8. The van der Waals surface area contributed by atoms with Gasteiger partial charge in [-0.25, -0.2) is 9.97 Å². The lowest BCUT2D eigenvalue weighted by atomic mass is 10.1. The predicted octanol–water partition coefficient (Wildman–Crippen LogP) is 0.934. The van der Waals surface area contributed by atoms with E-state index < -0.39 is 0 Å². The van der Waals surface area contributed by atoms with E-state index >= 15 is 0 Å². The van der Waals surface area contributed by atoms with Crippen LogP contribution in [0.15, 0.2) is 18.7 Å². The van der Waals surface area contributed by atoms with E-state index in [1.807, 2.05) is 15.8 Å². The molecule has 0 N–H and O–H groups in total. The second-order valence-electron chi connectivity index (χ2n) is 6.81. The van der Waals surface area contributed by atoms with Crippen LogP contribution in [-0.2, 0) is 22.6 Å². The SMILES string of the molecule is O=C1CCCN1c1cnn(C2CN(c3ncnc4c3COCC4)C2)c1. The first-order valence-electron chi connectivity index (χ1n) is 8.79. The fourth-order valence-corrected chi connectivity index (χ4v) is 3.80. The molecule has 2 saturated heterocycles. The lowest BCUT2D eigenvalue weighted by molar-refractivity contribution is -0.117. The molecule has 1 amide bonds. The highest BCUT2D eigenvalue weighted by atomic mass is 16.5. The molecule has 0 radical (unpaired) electrons. The van der Waals surface area contributed by atoms with Gasteiger partial charge in [-0.05, 0) is 6.42 Å². The van der Waals surface area contributed by atoms with Crippen molar-refractivity contribution in [2.45, 2.75) is 31.9 Å². The zero-order chi connectivity index (χ0) is 16.8. The van der Waals surface area contributed by atoms with Crippen molar-refractivity contribution in [1.29, 1.82) is 0 Å². The molecule has 0 bridgehead atoms. The number of carbonyl (C=O) groups is 1. The lowest BCUT2D eigenvalue weighted by Crippen LogP contribution is -2.49. The summed E-state index contributed by atoms with van der Waals surface area (Å²) in [6.07, 6.45) is 7.87. The first-order chi connectivity index (χ1) is 12.3. The molecular formula is C17H20N6O2. The topological polar surface area (TPSA) is 76.4 Å². The molecule has 2 aromatic heterocycles. The molecule has 3 aliphatic rings. The third-order valence-corrected chi connectivity index (χ3v) is 5.25. The Kier molecular flexibility index (Phi) is 3.44. The van der Waals surface area contributed by atoms with Crippen LogP contribution in [-0.4, -0.2) is 51.9 Å². The third-order valence-electron chi connectivity index (χ3n) is 5.25. The molecule has 0 unspecified atom stereocenters. The van der Waals surface area contributed by atoms with Crippen molar-refractivity contribution in [3.8, 4) is 0 Å². The van der Waals surface area contributed by atoms with Crippen molar-refractivity contribution in [2.24, 2.45) is 0 Å². The normalized spacial score (nSPS) is 20.7. The molecule has 0 atom stereocenters. The van der Waals surface area contributed by atoms with Crippen LogP contribution in [0.2, 0.25) is 0 Å². The fraction of sp³-hybridized carbons (Fsp3) is 0.529. The summed E-state index contributed by atoms with van der Waals surface area (Å²) in [7, 11) is 0. The van der Waals surface area contributed by atoms with Gasteiger partial charge in [-0.1, -0.05) is 0 Å². The molecular weight excluding hydrogens is 320 g/mol. The van der Waals surface area contributed by atoms with E-state index in [2.05, 4.69) is 20.0 Å². The number of amides is 1. The van der Waals surface area contributed by atoms with Crippen LogP contribution in [0.1, 0.15) is 30.1 Å². The second kappa shape index (κ2) is 5.80. The van der Waals surface area contributed by atoms with Crippen molar-refractivity contribution < 1.29 is 9.53 Å². The van der Waals surface area contributed by atoms with Gasteiger partial charge in [0.15, 0.2) is 0 Å². The number of nitrogens with zero attached hydrogens (tertiary/aromatic N) is 6. The molecule has 25 heavy (non-hydrogen) atoms. The van der Waals surface area contributed by atoms with Crippen LogP contribution < -0.4 is 9.80 Å². The summed E-state index contributed by atoms with van der Waals surface area (Å²) in [5, 5.41) is 4.47. The summed E-state index contributed by atoms with van der Waals surface area (Å²) in [6, 6.07) is 0.307. The highest BCUT2D eigenvalue weighted by molar-refractivity contribution is 5.95. The Bertz CT molecular complexity index is 813. The summed E-state index contributed by atoms with van der Waals surface area (Å²) in [5.41, 5.74) is 3.14. The molecule has 0 aliphatic carbocycles. The molecule has 0 saturated carbocycles. The van der Waals surface area contributed by atoms with Gasteiger partial charge in [0.1, 0.15) is 12.1 Å². The minimum atomic E-state index is 0.197. The molecule has 8 heteroatoms. The molecule has 2 aromatic rings. The number of rotatable bonds is 3. The summed E-state index contributed by atoms with van der Waals surface area (Å²) in [6.45, 7) is 3.85. The van der Waals surface area contributed by atoms with Gasteiger partial charge in [-0.2, -0.15) is 5.10 Å². The number of fused-ring (bicyclic) bond motifs is 1. The fourth-order valence-electron chi connectivity index (χ4n) is 3.80. The minimum absolute atomic E-state index is 0.197. The molecule has 2 fully saturated rings. The van der Waals surface area contributed by atoms with Crippen molar-refractivity contribution in [2.75, 3.05) is 36.0 Å². The van der Waals surface area contributed by atoms with Gasteiger partial charge in [-0.15, -0.1) is 0 Å². The lowest BCUT2D eigenvalue weighted by Gasteiger charge is -2.41. The highest BCUT2D eigenvalue weighted by Crippen LogP contribution is 2.32. The van der Waals surface area contributed by atoms with E-state index in [1.54, 1.807) is 12.5 Å². The van der Waals surface area contributed by atoms with Crippen LogP contribution >= 0.6 is 0 Å². The third kappa shape index (κ3) is 2.48. The van der Waals surface area contributed by atoms with E-state index in [1.165, 1.54) is 0 Å². The van der Waals surface area contributed by atoms with Crippen LogP contribution in [0.5, 0.6) is 0 Å². The molecule has 5 rings (SSSR count). The molecule has 130 valence electrons. The standard InChI is InChI=1S/C17H20N6O2/c24-16-2-1-4-22(16)12-6-20-23(9-12)13-7-21(8-13)17-14-10-25-5-3-15(14)18-11-19-17/h6,9,11,13H,1-5,7-8,10H2. The van der Waals surface area contributed by atoms with Crippen LogP contribution in [0, 0.1) is 0 Å². The van der Waals surface area contributed by atoms with Crippen molar-refractivity contribution in [3.05, 3.63) is 30.0 Å². The smallest absolute Gasteiger partial charge is 0.227 e. The molecule has 8 nitrogen and oxygen atoms in total. The number of carbonyl (C=O) groups excluding carboxylic acids is 1. The summed E-state index contributed by atoms with van der Waals surface area (Å²) in [4.78, 5) is 24.8. The maximum Gasteiger partial charge on any atom is 0.227 e. The summed E-state index contributed by atoms with van der Waals surface area (Å²) >= 11 is 0. The Morgan fingerprint density at radius 3 is 2.96 bits per heavy atom. The predicted molar refractivity (Wildman–Crippen MR) is 90.5 cm³/mol. The van der Waals surface area contributed by atoms with Crippen LogP contribution in [0.3, 0.4) is 0 Å². The molecule has 5 heterocycles. The Labute approximate surface area is 145 Å². The monoisotopic (exact) mass is 340 g/mol. The van der Waals surface area contributed by atoms with Gasteiger partial charge in [0.25, 0.3) is 0 Å². The minimum Gasteiger partial charge on any atom is -0.376 e. The Balaban J connectivity index is 1.30.